The highest BCUT2D eigenvalue weighted by atomic mass is 31.2. The molecule has 0 aliphatic rings. The zero-order valence-electron chi connectivity index (χ0n) is 38.5. The van der Waals surface area contributed by atoms with Crippen LogP contribution in [-0.4, -0.2) is 75.6 Å². The van der Waals surface area contributed by atoms with Crippen LogP contribution < -0.4 is 0 Å². The highest BCUT2D eigenvalue weighted by Crippen LogP contribution is 2.43. The zero-order chi connectivity index (χ0) is 43.4. The van der Waals surface area contributed by atoms with Crippen LogP contribution in [0.25, 0.3) is 0 Å². The minimum Gasteiger partial charge on any atom is -0.457 e. The molecule has 0 aromatic rings. The molecular weight excluding hydrogens is 758 g/mol. The van der Waals surface area contributed by atoms with Gasteiger partial charge in [-0.1, -0.05) is 157 Å². The van der Waals surface area contributed by atoms with Gasteiger partial charge in [0.25, 0.3) is 0 Å². The van der Waals surface area contributed by atoms with Crippen LogP contribution in [0, 0.1) is 0 Å². The topological polar surface area (TPSA) is 91.3 Å². The number of allylic oxidation sites excluding steroid dienone is 14. The molecule has 340 valence electrons. The second kappa shape index (κ2) is 42.4. The largest absolute Gasteiger partial charge is 0.472 e. The summed E-state index contributed by atoms with van der Waals surface area (Å²) in [5, 5.41) is 0. The van der Waals surface area contributed by atoms with E-state index >= 15 is 0 Å². The third-order valence-corrected chi connectivity index (χ3v) is 10.4. The van der Waals surface area contributed by atoms with Crippen LogP contribution >= 0.6 is 7.82 Å². The van der Waals surface area contributed by atoms with E-state index in [1.807, 2.05) is 21.1 Å². The lowest BCUT2D eigenvalue weighted by Gasteiger charge is -2.24. The number of unbranched alkanes of at least 4 members (excludes halogenated alkanes) is 14. The molecule has 0 aliphatic carbocycles. The van der Waals surface area contributed by atoms with Crippen molar-refractivity contribution in [3.8, 4) is 0 Å². The first-order chi connectivity index (χ1) is 28.6. The third kappa shape index (κ3) is 46.6. The van der Waals surface area contributed by atoms with Gasteiger partial charge < -0.3 is 18.9 Å². The van der Waals surface area contributed by atoms with Gasteiger partial charge in [-0.25, -0.2) is 4.57 Å². The summed E-state index contributed by atoms with van der Waals surface area (Å²) in [5.41, 5.74) is 0. The predicted octanol–water partition coefficient (Wildman–Crippen LogP) is 14.1. The van der Waals surface area contributed by atoms with Gasteiger partial charge in [0.1, 0.15) is 19.3 Å². The average Bonchev–Trinajstić information content (AvgIpc) is 3.19. The number of carbonyl (C=O) groups is 1. The highest BCUT2D eigenvalue weighted by Gasteiger charge is 2.26. The molecule has 0 saturated heterocycles. The monoisotopic (exact) mass is 847 g/mol. The summed E-state index contributed by atoms with van der Waals surface area (Å²) in [7, 11) is 1.63. The van der Waals surface area contributed by atoms with Crippen molar-refractivity contribution in [1.29, 1.82) is 0 Å². The second-order valence-corrected chi connectivity index (χ2v) is 17.9. The molecular formula is C50H89NO7P+. The molecule has 0 bridgehead atoms. The fourth-order valence-corrected chi connectivity index (χ4v) is 6.58. The standard InChI is InChI=1S/C50H88NO7P/c1-6-8-10-12-14-16-18-20-21-22-23-24-25-26-27-28-29-30-32-34-36-38-40-42-45-55-47-49(48-57-59(53,54)56-46-44-51(3,4)5)58-50(52)43-41-39-37-35-33-31-19-17-15-13-11-9-7-2/h8,10,14,16-17,19-21,23-24,26-27,29-30,49H,6-7,9,11-13,15,18,22,25,28,31-48H2,1-5H3/p+1/b10-8-,16-14-,19-17-,21-20-,24-23-,27-26-,30-29-. The smallest absolute Gasteiger partial charge is 0.457 e. The number of hydrogen-bond acceptors (Lipinski definition) is 6. The van der Waals surface area contributed by atoms with Gasteiger partial charge in [-0.15, -0.1) is 0 Å². The van der Waals surface area contributed by atoms with Crippen molar-refractivity contribution in [3.63, 3.8) is 0 Å². The lowest BCUT2D eigenvalue weighted by Crippen LogP contribution is -2.37. The molecule has 0 spiro atoms. The van der Waals surface area contributed by atoms with Crippen LogP contribution in [0.3, 0.4) is 0 Å². The van der Waals surface area contributed by atoms with Crippen LogP contribution in [0.2, 0.25) is 0 Å². The maximum atomic E-state index is 12.7. The maximum Gasteiger partial charge on any atom is 0.472 e. The number of likely N-dealkylation sites (N-methyl/N-ethyl adjacent to an activating group) is 1. The van der Waals surface area contributed by atoms with E-state index in [4.69, 9.17) is 18.5 Å². The van der Waals surface area contributed by atoms with Crippen molar-refractivity contribution in [1.82, 2.24) is 0 Å². The molecule has 0 aromatic carbocycles. The molecule has 0 saturated carbocycles. The van der Waals surface area contributed by atoms with E-state index < -0.39 is 13.9 Å². The van der Waals surface area contributed by atoms with E-state index in [0.717, 1.165) is 96.3 Å². The Hall–Kier alpha value is -2.32. The molecule has 0 fully saturated rings. The Morgan fingerprint density at radius 1 is 0.542 bits per heavy atom. The molecule has 0 aromatic heterocycles. The summed E-state index contributed by atoms with van der Waals surface area (Å²) < 4.78 is 35.0. The molecule has 0 amide bonds. The number of nitrogens with zero attached hydrogens (tertiary/aromatic N) is 1. The number of hydrogen-bond donors (Lipinski definition) is 1. The fourth-order valence-electron chi connectivity index (χ4n) is 5.84. The Kier molecular flexibility index (Phi) is 40.7. The second-order valence-electron chi connectivity index (χ2n) is 16.4. The van der Waals surface area contributed by atoms with E-state index in [9.17, 15) is 14.3 Å². The van der Waals surface area contributed by atoms with E-state index in [2.05, 4.69) is 98.9 Å². The van der Waals surface area contributed by atoms with Crippen LogP contribution in [0.5, 0.6) is 0 Å². The zero-order valence-corrected chi connectivity index (χ0v) is 39.4. The number of quaternary nitrogens is 1. The number of ether oxygens (including phenoxy) is 2. The van der Waals surface area contributed by atoms with Crippen LogP contribution in [0.15, 0.2) is 85.1 Å². The predicted molar refractivity (Wildman–Crippen MR) is 251 cm³/mol. The van der Waals surface area contributed by atoms with Gasteiger partial charge in [-0.2, -0.15) is 0 Å². The third-order valence-electron chi connectivity index (χ3n) is 9.44. The lowest BCUT2D eigenvalue weighted by molar-refractivity contribution is -0.870. The van der Waals surface area contributed by atoms with Gasteiger partial charge in [0, 0.05) is 13.0 Å². The molecule has 0 heterocycles. The number of rotatable bonds is 42. The molecule has 8 nitrogen and oxygen atoms in total. The van der Waals surface area contributed by atoms with Gasteiger partial charge in [0.15, 0.2) is 0 Å². The Labute approximate surface area is 363 Å². The summed E-state index contributed by atoms with van der Waals surface area (Å²) in [4.78, 5) is 22.9. The Morgan fingerprint density at radius 2 is 0.983 bits per heavy atom. The van der Waals surface area contributed by atoms with Crippen LogP contribution in [0.4, 0.5) is 0 Å². The summed E-state index contributed by atoms with van der Waals surface area (Å²) in [6.07, 6.45) is 56.2. The average molecular weight is 847 g/mol. The van der Waals surface area contributed by atoms with Gasteiger partial charge in [-0.3, -0.25) is 13.8 Å². The highest BCUT2D eigenvalue weighted by molar-refractivity contribution is 7.47. The van der Waals surface area contributed by atoms with Gasteiger partial charge >= 0.3 is 13.8 Å². The van der Waals surface area contributed by atoms with Crippen molar-refractivity contribution in [3.05, 3.63) is 85.1 Å². The minimum absolute atomic E-state index is 0.0783. The summed E-state index contributed by atoms with van der Waals surface area (Å²) >= 11 is 0. The first-order valence-electron chi connectivity index (χ1n) is 23.3. The van der Waals surface area contributed by atoms with E-state index in [1.165, 1.54) is 51.4 Å². The van der Waals surface area contributed by atoms with Gasteiger partial charge in [0.2, 0.25) is 0 Å². The minimum atomic E-state index is -4.29. The van der Waals surface area contributed by atoms with Crippen molar-refractivity contribution in [2.75, 3.05) is 54.1 Å². The molecule has 0 aliphatic heterocycles. The molecule has 0 radical (unpaired) electrons. The van der Waals surface area contributed by atoms with Crippen LogP contribution in [-0.2, 0) is 27.9 Å². The molecule has 9 heteroatoms. The number of esters is 1. The van der Waals surface area contributed by atoms with Crippen molar-refractivity contribution in [2.24, 2.45) is 0 Å². The SMILES string of the molecule is CC/C=C\C/C=C\C/C=C\C/C=C\C/C=C\C/C=C\CCCCCCCOCC(COP(=O)(O)OCC[N+](C)(C)C)OC(=O)CCCCCCC/C=C\CCCCCC. The van der Waals surface area contributed by atoms with Crippen molar-refractivity contribution < 1.29 is 37.3 Å². The van der Waals surface area contributed by atoms with Crippen molar-refractivity contribution >= 4 is 13.8 Å². The summed E-state index contributed by atoms with van der Waals surface area (Å²) in [6.45, 7) is 5.41. The van der Waals surface area contributed by atoms with Gasteiger partial charge in [-0.05, 0) is 89.9 Å². The summed E-state index contributed by atoms with van der Waals surface area (Å²) in [5.74, 6) is -0.334. The van der Waals surface area contributed by atoms with E-state index in [0.29, 0.717) is 24.1 Å². The molecule has 59 heavy (non-hydrogen) atoms. The first kappa shape index (κ1) is 56.7. The molecule has 0 rings (SSSR count). The van der Waals surface area contributed by atoms with E-state index in [-0.39, 0.29) is 25.8 Å². The maximum absolute atomic E-state index is 12.7. The number of phosphoric acid groups is 1. The van der Waals surface area contributed by atoms with E-state index in [1.54, 1.807) is 0 Å². The van der Waals surface area contributed by atoms with Gasteiger partial charge in [0.05, 0.1) is 34.4 Å². The Bertz CT molecular complexity index is 1210. The number of phosphoric ester groups is 1. The molecule has 2 atom stereocenters. The van der Waals surface area contributed by atoms with Crippen LogP contribution in [0.1, 0.15) is 168 Å². The van der Waals surface area contributed by atoms with Crippen molar-refractivity contribution in [2.45, 2.75) is 174 Å². The first-order valence-corrected chi connectivity index (χ1v) is 24.8. The lowest BCUT2D eigenvalue weighted by atomic mass is 10.1. The number of carbonyl (C=O) groups excluding carboxylic acids is 1. The Morgan fingerprint density at radius 3 is 1.49 bits per heavy atom. The molecule has 1 N–H and O–H groups in total. The quantitative estimate of drug-likeness (QED) is 0.0215. The molecule has 2 unspecified atom stereocenters. The summed E-state index contributed by atoms with van der Waals surface area (Å²) in [6, 6.07) is 0. The normalized spacial score (nSPS) is 14.5. The fraction of sp³-hybridized carbons (Fsp3) is 0.700. The Balaban J connectivity index is 4.24.